The topological polar surface area (TPSA) is 128 Å². The Hall–Kier alpha value is -1.58. The zero-order valence-corrected chi connectivity index (χ0v) is 12.2. The number of aromatic nitrogens is 2. The Kier molecular flexibility index (Phi) is 4.86. The van der Waals surface area contributed by atoms with Crippen LogP contribution in [0.5, 0.6) is 0 Å². The molecule has 1 aromatic heterocycles. The fraction of sp³-hybridized carbons (Fsp3) is 0.583. The van der Waals surface area contributed by atoms with Crippen LogP contribution in [0, 0.1) is 0 Å². The molecule has 0 bridgehead atoms. The van der Waals surface area contributed by atoms with Crippen LogP contribution in [-0.2, 0) is 9.53 Å². The van der Waals surface area contributed by atoms with Gasteiger partial charge in [-0.1, -0.05) is 6.92 Å². The highest BCUT2D eigenvalue weighted by Gasteiger charge is 2.44. The van der Waals surface area contributed by atoms with Crippen molar-refractivity contribution in [1.29, 1.82) is 0 Å². The van der Waals surface area contributed by atoms with E-state index in [9.17, 15) is 19.8 Å². The number of carbonyl (C=O) groups is 1. The number of nitrogens with zero attached hydrogens (tertiary/aromatic N) is 2. The summed E-state index contributed by atoms with van der Waals surface area (Å²) < 4.78 is 6.18. The van der Waals surface area contributed by atoms with Gasteiger partial charge >= 0.3 is 11.7 Å². The van der Waals surface area contributed by atoms with E-state index in [0.717, 1.165) is 11.8 Å². The van der Waals surface area contributed by atoms with Crippen molar-refractivity contribution in [3.8, 4) is 0 Å². The largest absolute Gasteiger partial charge is 0.464 e. The van der Waals surface area contributed by atoms with Crippen LogP contribution in [0.25, 0.3) is 0 Å². The van der Waals surface area contributed by atoms with Crippen LogP contribution in [0.1, 0.15) is 18.7 Å². The first-order chi connectivity index (χ1) is 9.93. The van der Waals surface area contributed by atoms with E-state index >= 15 is 0 Å². The molecule has 0 radical (unpaired) electrons. The van der Waals surface area contributed by atoms with Gasteiger partial charge in [-0.15, -0.1) is 11.8 Å². The van der Waals surface area contributed by atoms with E-state index in [2.05, 4.69) is 4.98 Å². The zero-order chi connectivity index (χ0) is 15.6. The highest BCUT2D eigenvalue weighted by molar-refractivity contribution is 8.00. The lowest BCUT2D eigenvalue weighted by Gasteiger charge is -2.17. The van der Waals surface area contributed by atoms with Crippen LogP contribution < -0.4 is 11.4 Å². The molecule has 1 saturated heterocycles. The molecular formula is C12H17N3O5S. The number of rotatable bonds is 4. The number of aliphatic hydroxyl groups is 2. The number of anilines is 1. The molecule has 2 heterocycles. The van der Waals surface area contributed by atoms with E-state index in [4.69, 9.17) is 10.5 Å². The van der Waals surface area contributed by atoms with Crippen LogP contribution >= 0.6 is 11.8 Å². The van der Waals surface area contributed by atoms with Crippen LogP contribution in [0.3, 0.4) is 0 Å². The molecule has 0 amide bonds. The minimum Gasteiger partial charge on any atom is -0.464 e. The van der Waals surface area contributed by atoms with Crippen LogP contribution in [0.4, 0.5) is 5.82 Å². The number of hydrogen-bond acceptors (Lipinski definition) is 8. The molecule has 0 aromatic carbocycles. The molecule has 116 valence electrons. The molecule has 1 aromatic rings. The number of ether oxygens (including phenoxy) is 1. The fourth-order valence-corrected chi connectivity index (χ4v) is 3.43. The SMILES string of the molecule is CCC(=O)OC[C@H]1S[C@@H](n2ccc(N)nc2=O)[C@@H](O)C1O. The van der Waals surface area contributed by atoms with Gasteiger partial charge in [-0.3, -0.25) is 9.36 Å². The van der Waals surface area contributed by atoms with Gasteiger partial charge in [-0.25, -0.2) is 4.79 Å². The highest BCUT2D eigenvalue weighted by Crippen LogP contribution is 2.41. The van der Waals surface area contributed by atoms with Gasteiger partial charge < -0.3 is 20.7 Å². The number of esters is 1. The quantitative estimate of drug-likeness (QED) is 0.611. The molecule has 1 aliphatic rings. The molecule has 8 nitrogen and oxygen atoms in total. The normalized spacial score (nSPS) is 28.5. The summed E-state index contributed by atoms with van der Waals surface area (Å²) in [4.78, 5) is 26.5. The molecule has 0 saturated carbocycles. The number of carbonyl (C=O) groups excluding carboxylic acids is 1. The third kappa shape index (κ3) is 3.36. The van der Waals surface area contributed by atoms with E-state index in [-0.39, 0.29) is 24.8 Å². The Morgan fingerprint density at radius 2 is 2.24 bits per heavy atom. The minimum absolute atomic E-state index is 0.0246. The van der Waals surface area contributed by atoms with Gasteiger partial charge in [0.1, 0.15) is 23.9 Å². The van der Waals surface area contributed by atoms with Crippen molar-refractivity contribution in [2.75, 3.05) is 12.3 Å². The molecule has 1 fully saturated rings. The fourth-order valence-electron chi connectivity index (χ4n) is 1.99. The first-order valence-corrected chi connectivity index (χ1v) is 7.40. The van der Waals surface area contributed by atoms with Crippen LogP contribution in [0.2, 0.25) is 0 Å². The van der Waals surface area contributed by atoms with Crippen molar-refractivity contribution in [2.24, 2.45) is 0 Å². The monoisotopic (exact) mass is 315 g/mol. The third-order valence-electron chi connectivity index (χ3n) is 3.16. The second kappa shape index (κ2) is 6.46. The van der Waals surface area contributed by atoms with E-state index < -0.39 is 28.5 Å². The van der Waals surface area contributed by atoms with Gasteiger partial charge in [0.25, 0.3) is 0 Å². The molecule has 4 N–H and O–H groups in total. The van der Waals surface area contributed by atoms with Gasteiger partial charge in [0.15, 0.2) is 0 Å². The Morgan fingerprint density at radius 3 is 2.86 bits per heavy atom. The summed E-state index contributed by atoms with van der Waals surface area (Å²) in [6.45, 7) is 1.64. The summed E-state index contributed by atoms with van der Waals surface area (Å²) >= 11 is 1.16. The number of nitrogens with two attached hydrogens (primary N) is 1. The maximum Gasteiger partial charge on any atom is 0.350 e. The lowest BCUT2D eigenvalue weighted by Crippen LogP contribution is -2.36. The minimum atomic E-state index is -1.16. The van der Waals surface area contributed by atoms with E-state index in [1.54, 1.807) is 6.92 Å². The predicted octanol–water partition coefficient (Wildman–Crippen LogP) is -0.885. The van der Waals surface area contributed by atoms with Gasteiger partial charge in [0, 0.05) is 12.6 Å². The average molecular weight is 315 g/mol. The van der Waals surface area contributed by atoms with Crippen molar-refractivity contribution in [2.45, 2.75) is 36.2 Å². The molecule has 21 heavy (non-hydrogen) atoms. The van der Waals surface area contributed by atoms with Crippen molar-refractivity contribution in [3.63, 3.8) is 0 Å². The summed E-state index contributed by atoms with van der Waals surface area (Å²) in [5, 5.41) is 18.9. The van der Waals surface area contributed by atoms with E-state index in [0.29, 0.717) is 0 Å². The Bertz CT molecular complexity index is 578. The Balaban J connectivity index is 2.12. The molecular weight excluding hydrogens is 298 g/mol. The zero-order valence-electron chi connectivity index (χ0n) is 11.4. The Morgan fingerprint density at radius 1 is 1.52 bits per heavy atom. The van der Waals surface area contributed by atoms with Crippen LogP contribution in [-0.4, -0.2) is 49.8 Å². The molecule has 1 unspecified atom stereocenters. The van der Waals surface area contributed by atoms with Crippen molar-refractivity contribution >= 4 is 23.5 Å². The maximum absolute atomic E-state index is 11.8. The number of nitrogen functional groups attached to an aromatic ring is 1. The van der Waals surface area contributed by atoms with Crippen molar-refractivity contribution in [1.82, 2.24) is 9.55 Å². The molecule has 1 aliphatic heterocycles. The molecule has 4 atom stereocenters. The van der Waals surface area contributed by atoms with Gasteiger partial charge in [-0.2, -0.15) is 4.98 Å². The second-order valence-corrected chi connectivity index (χ2v) is 5.99. The van der Waals surface area contributed by atoms with Crippen LogP contribution in [0.15, 0.2) is 17.1 Å². The van der Waals surface area contributed by atoms with Gasteiger partial charge in [-0.05, 0) is 6.07 Å². The maximum atomic E-state index is 11.8. The number of thioether (sulfide) groups is 1. The predicted molar refractivity (Wildman–Crippen MR) is 76.6 cm³/mol. The van der Waals surface area contributed by atoms with Crippen molar-refractivity contribution < 1.29 is 19.7 Å². The van der Waals surface area contributed by atoms with Gasteiger partial charge in [0.2, 0.25) is 0 Å². The van der Waals surface area contributed by atoms with E-state index in [1.807, 2.05) is 0 Å². The number of hydrogen-bond donors (Lipinski definition) is 3. The third-order valence-corrected chi connectivity index (χ3v) is 4.71. The summed E-state index contributed by atoms with van der Waals surface area (Å²) in [6, 6.07) is 1.44. The number of aliphatic hydroxyl groups excluding tert-OH is 2. The van der Waals surface area contributed by atoms with E-state index in [1.165, 1.54) is 16.8 Å². The summed E-state index contributed by atoms with van der Waals surface area (Å²) in [5.41, 5.74) is 4.80. The summed E-state index contributed by atoms with van der Waals surface area (Å²) in [7, 11) is 0. The first kappa shape index (κ1) is 15.8. The van der Waals surface area contributed by atoms with Gasteiger partial charge in [0.05, 0.1) is 11.4 Å². The smallest absolute Gasteiger partial charge is 0.350 e. The first-order valence-electron chi connectivity index (χ1n) is 6.46. The average Bonchev–Trinajstić information content (AvgIpc) is 2.73. The molecule has 0 spiro atoms. The second-order valence-electron chi connectivity index (χ2n) is 4.63. The highest BCUT2D eigenvalue weighted by atomic mass is 32.2. The standard InChI is InChI=1S/C12H17N3O5S/c1-2-8(16)20-5-6-9(17)10(18)11(21-6)15-4-3-7(13)14-12(15)19/h3-4,6,9-11,17-18H,2,5H2,1H3,(H2,13,14,19)/t6-,9?,10+,11-/m1/s1. The Labute approximate surface area is 124 Å². The summed E-state index contributed by atoms with van der Waals surface area (Å²) in [6.07, 6.45) is -0.614. The summed E-state index contributed by atoms with van der Waals surface area (Å²) in [5.74, 6) is -0.297. The lowest BCUT2D eigenvalue weighted by atomic mass is 10.1. The van der Waals surface area contributed by atoms with Crippen molar-refractivity contribution in [3.05, 3.63) is 22.7 Å². The molecule has 0 aliphatic carbocycles. The molecule has 2 rings (SSSR count). The lowest BCUT2D eigenvalue weighted by molar-refractivity contribution is -0.143. The molecule has 9 heteroatoms.